The van der Waals surface area contributed by atoms with Gasteiger partial charge in [-0.3, -0.25) is 4.98 Å². The summed E-state index contributed by atoms with van der Waals surface area (Å²) in [6.45, 7) is 2.80. The molecule has 4 rings (SSSR count). The van der Waals surface area contributed by atoms with Crippen molar-refractivity contribution in [3.8, 4) is 5.69 Å². The molecular formula is C22H23ClN4OS. The first-order valence-corrected chi connectivity index (χ1v) is 10.4. The van der Waals surface area contributed by atoms with Crippen LogP contribution in [0.1, 0.15) is 35.5 Å². The molecule has 0 unspecified atom stereocenters. The van der Waals surface area contributed by atoms with E-state index >= 15 is 0 Å². The van der Waals surface area contributed by atoms with Crippen molar-refractivity contribution >= 4 is 28.9 Å². The lowest BCUT2D eigenvalue weighted by Crippen LogP contribution is -2.31. The fourth-order valence-corrected chi connectivity index (χ4v) is 4.31. The quantitative estimate of drug-likeness (QED) is 0.579. The largest absolute Gasteiger partial charge is 0.396 e. The Morgan fingerprint density at radius 1 is 1.21 bits per heavy atom. The Bertz CT molecular complexity index is 1010. The first-order valence-electron chi connectivity index (χ1n) is 9.63. The number of rotatable bonds is 6. The predicted molar refractivity (Wildman–Crippen MR) is 119 cm³/mol. The number of aliphatic hydroxyl groups excluding tert-OH is 1. The standard InChI is InChI=1S/C22H23ClN4OS/c1-15-14-16(8-9-17(15)23)26-11-4-7-19(26)21-20(18-6-2-3-10-24-18)25-22(29)27(21)12-5-13-28/h2-4,6-11,14,20-21,28H,5,12-13H2,1H3,(H,25,29)/t20-,21-/m0/s1. The highest BCUT2D eigenvalue weighted by Crippen LogP contribution is 2.39. The maximum Gasteiger partial charge on any atom is 0.170 e. The van der Waals surface area contributed by atoms with Crippen molar-refractivity contribution in [2.75, 3.05) is 13.2 Å². The zero-order valence-electron chi connectivity index (χ0n) is 16.1. The molecule has 0 aliphatic carbocycles. The van der Waals surface area contributed by atoms with Crippen LogP contribution >= 0.6 is 23.8 Å². The Morgan fingerprint density at radius 3 is 2.79 bits per heavy atom. The zero-order chi connectivity index (χ0) is 20.4. The number of hydrogen-bond donors (Lipinski definition) is 2. The SMILES string of the molecule is Cc1cc(-n2cccc2[C@H]2[C@H](c3ccccn3)NC(=S)N2CCCO)ccc1Cl. The molecule has 150 valence electrons. The van der Waals surface area contributed by atoms with Crippen molar-refractivity contribution in [2.45, 2.75) is 25.4 Å². The van der Waals surface area contributed by atoms with Gasteiger partial charge in [-0.1, -0.05) is 17.7 Å². The Balaban J connectivity index is 1.79. The van der Waals surface area contributed by atoms with Crippen LogP contribution in [-0.2, 0) is 0 Å². The number of benzene rings is 1. The smallest absolute Gasteiger partial charge is 0.170 e. The van der Waals surface area contributed by atoms with E-state index in [2.05, 4.69) is 38.1 Å². The molecule has 0 bridgehead atoms. The second-order valence-electron chi connectivity index (χ2n) is 7.13. The van der Waals surface area contributed by atoms with Crippen LogP contribution in [0.15, 0.2) is 60.9 Å². The number of aryl methyl sites for hydroxylation is 1. The molecule has 7 heteroatoms. The van der Waals surface area contributed by atoms with Crippen LogP contribution in [-0.4, -0.2) is 37.8 Å². The fourth-order valence-electron chi connectivity index (χ4n) is 3.86. The average Bonchev–Trinajstić information content (AvgIpc) is 3.33. The van der Waals surface area contributed by atoms with Gasteiger partial charge in [0.2, 0.25) is 0 Å². The number of aromatic nitrogens is 2. The van der Waals surface area contributed by atoms with Gasteiger partial charge in [0.15, 0.2) is 5.11 Å². The minimum atomic E-state index is -0.0792. The number of hydrogen-bond acceptors (Lipinski definition) is 3. The van der Waals surface area contributed by atoms with Crippen LogP contribution in [0.3, 0.4) is 0 Å². The molecule has 3 aromatic rings. The third kappa shape index (κ3) is 3.88. The summed E-state index contributed by atoms with van der Waals surface area (Å²) < 4.78 is 2.17. The van der Waals surface area contributed by atoms with Gasteiger partial charge in [0.25, 0.3) is 0 Å². The van der Waals surface area contributed by atoms with E-state index in [0.29, 0.717) is 18.1 Å². The van der Waals surface area contributed by atoms with E-state index in [9.17, 15) is 5.11 Å². The number of pyridine rings is 1. The summed E-state index contributed by atoms with van der Waals surface area (Å²) in [5.41, 5.74) is 4.12. The first kappa shape index (κ1) is 19.9. The molecule has 2 aromatic heterocycles. The molecule has 3 heterocycles. The van der Waals surface area contributed by atoms with Gasteiger partial charge in [-0.2, -0.15) is 0 Å². The van der Waals surface area contributed by atoms with Gasteiger partial charge < -0.3 is 19.9 Å². The molecule has 5 nitrogen and oxygen atoms in total. The number of nitrogens with zero attached hydrogens (tertiary/aromatic N) is 3. The number of aliphatic hydroxyl groups is 1. The van der Waals surface area contributed by atoms with Crippen LogP contribution in [0, 0.1) is 6.92 Å². The monoisotopic (exact) mass is 426 g/mol. The summed E-state index contributed by atoms with van der Waals surface area (Å²) in [5.74, 6) is 0. The summed E-state index contributed by atoms with van der Waals surface area (Å²) in [4.78, 5) is 6.73. The Morgan fingerprint density at radius 2 is 2.07 bits per heavy atom. The summed E-state index contributed by atoms with van der Waals surface area (Å²) in [5, 5.41) is 14.3. The van der Waals surface area contributed by atoms with Gasteiger partial charge >= 0.3 is 0 Å². The molecule has 1 aliphatic rings. The van der Waals surface area contributed by atoms with Crippen molar-refractivity contribution in [3.63, 3.8) is 0 Å². The van der Waals surface area contributed by atoms with Crippen LogP contribution in [0.5, 0.6) is 0 Å². The predicted octanol–water partition coefficient (Wildman–Crippen LogP) is 4.19. The summed E-state index contributed by atoms with van der Waals surface area (Å²) >= 11 is 11.9. The second-order valence-corrected chi connectivity index (χ2v) is 7.93. The van der Waals surface area contributed by atoms with Gasteiger partial charge in [0.1, 0.15) is 0 Å². The first-order chi connectivity index (χ1) is 14.1. The topological polar surface area (TPSA) is 53.3 Å². The van der Waals surface area contributed by atoms with E-state index in [1.54, 1.807) is 6.20 Å². The lowest BCUT2D eigenvalue weighted by Gasteiger charge is -2.29. The molecule has 1 aliphatic heterocycles. The molecule has 2 N–H and O–H groups in total. The highest BCUT2D eigenvalue weighted by molar-refractivity contribution is 7.80. The molecule has 1 aromatic carbocycles. The fraction of sp³-hybridized carbons (Fsp3) is 0.273. The van der Waals surface area contributed by atoms with Gasteiger partial charge in [-0.05, 0) is 73.6 Å². The Kier molecular flexibility index (Phi) is 5.85. The molecule has 0 saturated carbocycles. The van der Waals surface area contributed by atoms with Crippen LogP contribution < -0.4 is 5.32 Å². The maximum atomic E-state index is 9.38. The Hall–Kier alpha value is -2.41. The molecule has 2 atom stereocenters. The summed E-state index contributed by atoms with van der Waals surface area (Å²) in [7, 11) is 0. The van der Waals surface area contributed by atoms with E-state index in [0.717, 1.165) is 27.7 Å². The highest BCUT2D eigenvalue weighted by Gasteiger charge is 2.40. The van der Waals surface area contributed by atoms with Crippen molar-refractivity contribution < 1.29 is 5.11 Å². The molecule has 29 heavy (non-hydrogen) atoms. The number of halogens is 1. The third-order valence-electron chi connectivity index (χ3n) is 5.26. The van der Waals surface area contributed by atoms with Crippen molar-refractivity contribution in [1.82, 2.24) is 19.8 Å². The summed E-state index contributed by atoms with van der Waals surface area (Å²) in [6, 6.07) is 16.0. The van der Waals surface area contributed by atoms with Gasteiger partial charge in [-0.25, -0.2) is 0 Å². The van der Waals surface area contributed by atoms with Gasteiger partial charge in [0, 0.05) is 41.9 Å². The maximum absolute atomic E-state index is 9.38. The Labute approximate surface area is 180 Å². The third-order valence-corrected chi connectivity index (χ3v) is 6.03. The second kappa shape index (κ2) is 8.53. The van der Waals surface area contributed by atoms with E-state index in [1.165, 1.54) is 0 Å². The molecular weight excluding hydrogens is 404 g/mol. The summed E-state index contributed by atoms with van der Waals surface area (Å²) in [6.07, 6.45) is 4.50. The number of nitrogens with one attached hydrogen (secondary N) is 1. The van der Waals surface area contributed by atoms with Crippen molar-refractivity contribution in [3.05, 3.63) is 82.9 Å². The minimum Gasteiger partial charge on any atom is -0.396 e. The van der Waals surface area contributed by atoms with E-state index < -0.39 is 0 Å². The molecule has 0 radical (unpaired) electrons. The van der Waals surface area contributed by atoms with Gasteiger partial charge in [-0.15, -0.1) is 0 Å². The lowest BCUT2D eigenvalue weighted by atomic mass is 10.0. The highest BCUT2D eigenvalue weighted by atomic mass is 35.5. The van der Waals surface area contributed by atoms with Crippen LogP contribution in [0.25, 0.3) is 5.69 Å². The van der Waals surface area contributed by atoms with Crippen LogP contribution in [0.4, 0.5) is 0 Å². The van der Waals surface area contributed by atoms with Crippen molar-refractivity contribution in [1.29, 1.82) is 0 Å². The molecule has 0 spiro atoms. The average molecular weight is 427 g/mol. The van der Waals surface area contributed by atoms with Gasteiger partial charge in [0.05, 0.1) is 17.8 Å². The van der Waals surface area contributed by atoms with E-state index in [-0.39, 0.29) is 18.7 Å². The molecule has 1 saturated heterocycles. The van der Waals surface area contributed by atoms with Crippen molar-refractivity contribution in [2.24, 2.45) is 0 Å². The van der Waals surface area contributed by atoms with E-state index in [4.69, 9.17) is 23.8 Å². The van der Waals surface area contributed by atoms with E-state index in [1.807, 2.05) is 43.3 Å². The van der Waals surface area contributed by atoms with Crippen LogP contribution in [0.2, 0.25) is 5.02 Å². The zero-order valence-corrected chi connectivity index (χ0v) is 17.7. The molecule has 1 fully saturated rings. The normalized spacial score (nSPS) is 18.9. The molecule has 0 amide bonds. The minimum absolute atomic E-state index is 0.0464. The lowest BCUT2D eigenvalue weighted by molar-refractivity contribution is 0.245. The number of thiocarbonyl (C=S) groups is 1.